The summed E-state index contributed by atoms with van der Waals surface area (Å²) in [4.78, 5) is 55.1. The van der Waals surface area contributed by atoms with Crippen molar-refractivity contribution in [2.75, 3.05) is 6.54 Å². The molecule has 2 heterocycles. The molecule has 2 aliphatic carbocycles. The Labute approximate surface area is 265 Å². The van der Waals surface area contributed by atoms with E-state index in [0.29, 0.717) is 38.6 Å². The lowest BCUT2D eigenvalue weighted by atomic mass is 10.0. The SMILES string of the molecule is CC(C)(C)OC(=O)N[C@H]1CCCCC/C=C\[C@@H]2C[C@@]2(C(=O)NS(=O)(=O)NC2CC2c2ccccc2)NC(=O)[C@@H]2CCCN2C1=O. The van der Waals surface area contributed by atoms with Gasteiger partial charge in [-0.25, -0.2) is 9.52 Å². The molecule has 0 radical (unpaired) electrons. The minimum Gasteiger partial charge on any atom is -0.444 e. The number of amides is 4. The van der Waals surface area contributed by atoms with Gasteiger partial charge in [0.1, 0.15) is 23.2 Å². The first-order chi connectivity index (χ1) is 21.3. The van der Waals surface area contributed by atoms with Gasteiger partial charge in [0.05, 0.1) is 0 Å². The summed E-state index contributed by atoms with van der Waals surface area (Å²) in [6.07, 6.45) is 8.42. The van der Waals surface area contributed by atoms with Crippen LogP contribution < -0.4 is 20.1 Å². The first kappa shape index (κ1) is 32.9. The molecule has 0 bridgehead atoms. The van der Waals surface area contributed by atoms with Crippen LogP contribution in [0.3, 0.4) is 0 Å². The van der Waals surface area contributed by atoms with Crippen LogP contribution in [0.15, 0.2) is 42.5 Å². The molecule has 1 aromatic rings. The summed E-state index contributed by atoms with van der Waals surface area (Å²) in [6, 6.07) is 7.53. The summed E-state index contributed by atoms with van der Waals surface area (Å²) in [6.45, 7) is 5.55. The van der Waals surface area contributed by atoms with E-state index in [2.05, 4.69) is 20.1 Å². The molecule has 2 unspecified atom stereocenters. The highest BCUT2D eigenvalue weighted by molar-refractivity contribution is 7.88. The first-order valence-corrected chi connectivity index (χ1v) is 17.4. The number of benzene rings is 1. The lowest BCUT2D eigenvalue weighted by Gasteiger charge is -2.30. The van der Waals surface area contributed by atoms with Crippen molar-refractivity contribution in [2.45, 2.75) is 114 Å². The van der Waals surface area contributed by atoms with E-state index in [-0.39, 0.29) is 30.2 Å². The van der Waals surface area contributed by atoms with Crippen LogP contribution in [0, 0.1) is 5.92 Å². The van der Waals surface area contributed by atoms with Crippen molar-refractivity contribution in [3.05, 3.63) is 48.0 Å². The van der Waals surface area contributed by atoms with Crippen molar-refractivity contribution >= 4 is 34.0 Å². The lowest BCUT2D eigenvalue weighted by molar-refractivity contribution is -0.141. The Kier molecular flexibility index (Phi) is 9.60. The zero-order chi connectivity index (χ0) is 32.4. The van der Waals surface area contributed by atoms with Crippen molar-refractivity contribution in [1.82, 2.24) is 25.0 Å². The summed E-state index contributed by atoms with van der Waals surface area (Å²) >= 11 is 0. The van der Waals surface area contributed by atoms with E-state index in [9.17, 15) is 27.6 Å². The maximum Gasteiger partial charge on any atom is 0.408 e. The number of rotatable bonds is 6. The van der Waals surface area contributed by atoms with Gasteiger partial charge in [-0.2, -0.15) is 13.1 Å². The number of carbonyl (C=O) groups excluding carboxylic acids is 4. The Morgan fingerprint density at radius 1 is 1.04 bits per heavy atom. The minimum atomic E-state index is -4.20. The monoisotopic (exact) mass is 643 g/mol. The molecule has 0 aromatic heterocycles. The average molecular weight is 644 g/mol. The molecule has 5 rings (SSSR count). The van der Waals surface area contributed by atoms with E-state index in [1.165, 1.54) is 4.90 Å². The number of alkyl carbamates (subject to hydrolysis) is 1. The van der Waals surface area contributed by atoms with Crippen molar-refractivity contribution in [3.63, 3.8) is 0 Å². The molecule has 1 saturated heterocycles. The molecule has 246 valence electrons. The largest absolute Gasteiger partial charge is 0.444 e. The van der Waals surface area contributed by atoms with Gasteiger partial charge in [0.2, 0.25) is 11.8 Å². The van der Waals surface area contributed by atoms with Crippen LogP contribution in [0.5, 0.6) is 0 Å². The van der Waals surface area contributed by atoms with Gasteiger partial charge in [0.25, 0.3) is 5.91 Å². The molecule has 0 spiro atoms. The second-order valence-electron chi connectivity index (χ2n) is 13.6. The second-order valence-corrected chi connectivity index (χ2v) is 15.1. The zero-order valence-corrected chi connectivity index (χ0v) is 27.0. The number of hydrogen-bond acceptors (Lipinski definition) is 7. The lowest BCUT2D eigenvalue weighted by Crippen LogP contribution is -2.59. The quantitative estimate of drug-likeness (QED) is 0.347. The van der Waals surface area contributed by atoms with E-state index in [1.54, 1.807) is 20.8 Å². The van der Waals surface area contributed by atoms with Crippen molar-refractivity contribution in [3.8, 4) is 0 Å². The summed E-state index contributed by atoms with van der Waals surface area (Å²) in [7, 11) is -4.20. The predicted octanol–water partition coefficient (Wildman–Crippen LogP) is 2.77. The number of nitrogens with one attached hydrogen (secondary N) is 4. The first-order valence-electron chi connectivity index (χ1n) is 16.0. The van der Waals surface area contributed by atoms with Crippen LogP contribution in [0.2, 0.25) is 0 Å². The maximum absolute atomic E-state index is 13.7. The summed E-state index contributed by atoms with van der Waals surface area (Å²) in [5.41, 5.74) is -1.16. The van der Waals surface area contributed by atoms with Gasteiger partial charge in [-0.3, -0.25) is 14.4 Å². The Bertz CT molecular complexity index is 1430. The van der Waals surface area contributed by atoms with Gasteiger partial charge in [-0.1, -0.05) is 55.3 Å². The Morgan fingerprint density at radius 2 is 1.80 bits per heavy atom. The fraction of sp³-hybridized carbons (Fsp3) is 0.625. The number of nitrogens with zero attached hydrogens (tertiary/aromatic N) is 1. The second kappa shape index (κ2) is 13.1. The van der Waals surface area contributed by atoms with Crippen LogP contribution in [-0.2, 0) is 29.3 Å². The van der Waals surface area contributed by atoms with Crippen molar-refractivity contribution in [1.29, 1.82) is 0 Å². The molecule has 1 aromatic carbocycles. The van der Waals surface area contributed by atoms with Crippen LogP contribution in [0.4, 0.5) is 4.79 Å². The molecule has 12 nitrogen and oxygen atoms in total. The van der Waals surface area contributed by atoms with Crippen LogP contribution in [-0.4, -0.2) is 72.9 Å². The molecule has 2 saturated carbocycles. The van der Waals surface area contributed by atoms with Gasteiger partial charge < -0.3 is 20.3 Å². The minimum absolute atomic E-state index is 0.0327. The smallest absolute Gasteiger partial charge is 0.408 e. The van der Waals surface area contributed by atoms with Crippen LogP contribution >= 0.6 is 0 Å². The molecule has 2 aliphatic heterocycles. The average Bonchev–Trinajstić information content (AvgIpc) is 3.81. The molecule has 45 heavy (non-hydrogen) atoms. The highest BCUT2D eigenvalue weighted by atomic mass is 32.2. The van der Waals surface area contributed by atoms with Crippen molar-refractivity contribution in [2.24, 2.45) is 5.92 Å². The fourth-order valence-electron chi connectivity index (χ4n) is 6.38. The normalized spacial score (nSPS) is 31.3. The third-order valence-electron chi connectivity index (χ3n) is 8.88. The van der Waals surface area contributed by atoms with Crippen LogP contribution in [0.1, 0.15) is 90.0 Å². The Morgan fingerprint density at radius 3 is 2.53 bits per heavy atom. The van der Waals surface area contributed by atoms with E-state index in [4.69, 9.17) is 4.74 Å². The molecular formula is C32H45N5O7S. The van der Waals surface area contributed by atoms with Gasteiger partial charge in [-0.05, 0) is 71.3 Å². The van der Waals surface area contributed by atoms with Gasteiger partial charge >= 0.3 is 16.3 Å². The predicted molar refractivity (Wildman–Crippen MR) is 167 cm³/mol. The number of fused-ring (bicyclic) bond motifs is 2. The summed E-state index contributed by atoms with van der Waals surface area (Å²) < 4.78 is 36.2. The molecule has 13 heteroatoms. The number of allylic oxidation sites excluding steroid dienone is 1. The topological polar surface area (TPSA) is 163 Å². The maximum atomic E-state index is 13.7. The highest BCUT2D eigenvalue weighted by Gasteiger charge is 2.61. The third-order valence-corrected chi connectivity index (χ3v) is 9.94. The molecule has 4 amide bonds. The molecular weight excluding hydrogens is 598 g/mol. The van der Waals surface area contributed by atoms with Gasteiger partial charge in [0, 0.05) is 24.4 Å². The van der Waals surface area contributed by atoms with Crippen molar-refractivity contribution < 1.29 is 32.3 Å². The van der Waals surface area contributed by atoms with E-state index < -0.39 is 51.3 Å². The number of carbonyl (C=O) groups is 4. The highest BCUT2D eigenvalue weighted by Crippen LogP contribution is 2.46. The Balaban J connectivity index is 1.29. The standard InChI is InChI=1S/C32H45N5O7S/c1-31(2,3)44-30(41)33-24-16-11-6-4-5-10-15-22-20-32(22,34-27(38)26-17-12-18-37(26)28(24)39)29(40)36-45(42,43)35-25-19-23(25)21-13-8-7-9-14-21/h7-10,13-15,22-26,35H,4-6,11-12,16-20H2,1-3H3,(H,33,41)(H,34,38)(H,36,40)/b15-10-/t22-,23?,24+,25?,26+,32-/m1/s1. The summed E-state index contributed by atoms with van der Waals surface area (Å²) in [5.74, 6) is -2.05. The zero-order valence-electron chi connectivity index (χ0n) is 26.2. The number of ether oxygens (including phenoxy) is 1. The Hall–Kier alpha value is -3.45. The van der Waals surface area contributed by atoms with E-state index in [1.807, 2.05) is 42.5 Å². The van der Waals surface area contributed by atoms with E-state index >= 15 is 0 Å². The van der Waals surface area contributed by atoms with Gasteiger partial charge in [-0.15, -0.1) is 0 Å². The molecule has 4 N–H and O–H groups in total. The van der Waals surface area contributed by atoms with E-state index in [0.717, 1.165) is 24.8 Å². The molecule has 6 atom stereocenters. The molecule has 4 aliphatic rings. The summed E-state index contributed by atoms with van der Waals surface area (Å²) in [5, 5.41) is 5.55. The number of hydrogen-bond donors (Lipinski definition) is 4. The third kappa shape index (κ3) is 8.23. The van der Waals surface area contributed by atoms with Crippen LogP contribution in [0.25, 0.3) is 0 Å². The molecule has 3 fully saturated rings. The fourth-order valence-corrected chi connectivity index (χ4v) is 7.52. The van der Waals surface area contributed by atoms with Gasteiger partial charge in [0.15, 0.2) is 0 Å².